The molecule has 114 valence electrons. The molecule has 7 heteroatoms. The van der Waals surface area contributed by atoms with Crippen LogP contribution in [0.4, 0.5) is 0 Å². The molecule has 0 amide bonds. The molecule has 1 aliphatic heterocycles. The molecule has 2 aliphatic rings. The largest absolute Gasteiger partial charge is 0.387 e. The van der Waals surface area contributed by atoms with Gasteiger partial charge in [0.05, 0.1) is 17.6 Å². The van der Waals surface area contributed by atoms with Gasteiger partial charge < -0.3 is 15.7 Å². The first kappa shape index (κ1) is 17.9. The second-order valence-corrected chi connectivity index (χ2v) is 6.48. The van der Waals surface area contributed by atoms with Crippen LogP contribution in [0.5, 0.6) is 0 Å². The molecule has 2 rings (SSSR count). The molecule has 0 aromatic rings. The number of aliphatic imine (C=N–C) groups is 1. The molecule has 20 heavy (non-hydrogen) atoms. The Morgan fingerprint density at radius 2 is 2.35 bits per heavy atom. The van der Waals surface area contributed by atoms with E-state index in [1.54, 1.807) is 18.8 Å². The molecule has 1 saturated heterocycles. The summed E-state index contributed by atoms with van der Waals surface area (Å²) < 4.78 is 0. The average molecular weight is 410 g/mol. The van der Waals surface area contributed by atoms with Crippen LogP contribution in [0, 0.1) is 17.2 Å². The van der Waals surface area contributed by atoms with E-state index in [4.69, 9.17) is 5.26 Å². The van der Waals surface area contributed by atoms with Gasteiger partial charge in [-0.2, -0.15) is 17.0 Å². The maximum atomic E-state index is 10.3. The van der Waals surface area contributed by atoms with Crippen LogP contribution in [0.1, 0.15) is 25.7 Å². The molecule has 3 unspecified atom stereocenters. The molecular weight excluding hydrogens is 387 g/mol. The van der Waals surface area contributed by atoms with Crippen molar-refractivity contribution in [1.82, 2.24) is 10.6 Å². The predicted molar refractivity (Wildman–Crippen MR) is 93.5 cm³/mol. The molecule has 2 fully saturated rings. The molecule has 3 atom stereocenters. The highest BCUT2D eigenvalue weighted by Crippen LogP contribution is 2.27. The fourth-order valence-electron chi connectivity index (χ4n) is 2.64. The molecule has 0 bridgehead atoms. The number of rotatable bonds is 3. The van der Waals surface area contributed by atoms with Gasteiger partial charge in [-0.3, -0.25) is 4.99 Å². The highest BCUT2D eigenvalue weighted by atomic mass is 127. The summed E-state index contributed by atoms with van der Waals surface area (Å²) in [6.45, 7) is 0.517. The maximum absolute atomic E-state index is 10.3. The summed E-state index contributed by atoms with van der Waals surface area (Å²) >= 11 is 1.78. The molecule has 0 aromatic carbocycles. The Balaban J connectivity index is 0.00000200. The van der Waals surface area contributed by atoms with Crippen LogP contribution >= 0.6 is 35.7 Å². The van der Waals surface area contributed by atoms with Gasteiger partial charge in [0.1, 0.15) is 0 Å². The van der Waals surface area contributed by atoms with E-state index in [9.17, 15) is 5.11 Å². The van der Waals surface area contributed by atoms with Crippen LogP contribution in [0.15, 0.2) is 4.99 Å². The van der Waals surface area contributed by atoms with Crippen LogP contribution in [-0.4, -0.2) is 47.8 Å². The molecule has 0 aromatic heterocycles. The SMILES string of the molecule is CN=C(NCC1(O)CCSC1)NC1CCCC1C#N.I. The summed E-state index contributed by atoms with van der Waals surface area (Å²) in [6, 6.07) is 2.53. The highest BCUT2D eigenvalue weighted by molar-refractivity contribution is 14.0. The minimum absolute atomic E-state index is 0. The van der Waals surface area contributed by atoms with Gasteiger partial charge in [-0.05, 0) is 31.4 Å². The van der Waals surface area contributed by atoms with Gasteiger partial charge in [-0.1, -0.05) is 0 Å². The lowest BCUT2D eigenvalue weighted by molar-refractivity contribution is 0.0723. The topological polar surface area (TPSA) is 80.4 Å². The van der Waals surface area contributed by atoms with Gasteiger partial charge >= 0.3 is 0 Å². The standard InChI is InChI=1S/C13H22N4OS.HI/c1-15-12(16-8-13(18)5-6-19-9-13)17-11-4-2-3-10(11)7-14;/h10-11,18H,2-6,8-9H2,1H3,(H2,15,16,17);1H. The Bertz CT molecular complexity index is 379. The number of hydrogen-bond acceptors (Lipinski definition) is 4. The van der Waals surface area contributed by atoms with E-state index in [0.717, 1.165) is 37.2 Å². The summed E-state index contributed by atoms with van der Waals surface area (Å²) in [5.74, 6) is 2.56. The number of guanidine groups is 1. The van der Waals surface area contributed by atoms with E-state index >= 15 is 0 Å². The van der Waals surface area contributed by atoms with Crippen molar-refractivity contribution in [2.45, 2.75) is 37.3 Å². The molecule has 0 spiro atoms. The van der Waals surface area contributed by atoms with Crippen molar-refractivity contribution in [2.24, 2.45) is 10.9 Å². The first-order valence-corrected chi connectivity index (χ1v) is 7.99. The van der Waals surface area contributed by atoms with Crippen LogP contribution in [0.3, 0.4) is 0 Å². The third kappa shape index (κ3) is 4.67. The molecular formula is C13H23IN4OS. The number of hydrogen-bond donors (Lipinski definition) is 3. The van der Waals surface area contributed by atoms with E-state index in [1.807, 2.05) is 0 Å². The van der Waals surface area contributed by atoms with Crippen LogP contribution in [0.2, 0.25) is 0 Å². The summed E-state index contributed by atoms with van der Waals surface area (Å²) in [5, 5.41) is 25.8. The third-order valence-corrected chi connectivity index (χ3v) is 5.13. The van der Waals surface area contributed by atoms with Gasteiger partial charge in [-0.25, -0.2) is 0 Å². The normalized spacial score (nSPS) is 33.4. The molecule has 0 radical (unpaired) electrons. The number of nitrogens with one attached hydrogen (secondary N) is 2. The van der Waals surface area contributed by atoms with E-state index < -0.39 is 5.60 Å². The lowest BCUT2D eigenvalue weighted by atomic mass is 10.0. The molecule has 1 aliphatic carbocycles. The third-order valence-electron chi connectivity index (χ3n) is 3.89. The Labute approximate surface area is 142 Å². The monoisotopic (exact) mass is 410 g/mol. The van der Waals surface area contributed by atoms with Crippen molar-refractivity contribution in [3.8, 4) is 6.07 Å². The van der Waals surface area contributed by atoms with Crippen molar-refractivity contribution < 1.29 is 5.11 Å². The summed E-state index contributed by atoms with van der Waals surface area (Å²) in [5.41, 5.74) is -0.618. The first-order chi connectivity index (χ1) is 9.17. The lowest BCUT2D eigenvalue weighted by Gasteiger charge is -2.25. The van der Waals surface area contributed by atoms with E-state index in [1.165, 1.54) is 0 Å². The fraction of sp³-hybridized carbons (Fsp3) is 0.846. The fourth-order valence-corrected chi connectivity index (χ4v) is 3.94. The molecule has 5 nitrogen and oxygen atoms in total. The van der Waals surface area contributed by atoms with Crippen LogP contribution < -0.4 is 10.6 Å². The average Bonchev–Trinajstić information content (AvgIpc) is 3.03. The van der Waals surface area contributed by atoms with E-state index in [2.05, 4.69) is 21.7 Å². The minimum Gasteiger partial charge on any atom is -0.387 e. The van der Waals surface area contributed by atoms with Crippen molar-refractivity contribution in [1.29, 1.82) is 5.26 Å². The Morgan fingerprint density at radius 3 is 2.95 bits per heavy atom. The number of halogens is 1. The van der Waals surface area contributed by atoms with Gasteiger partial charge in [0.25, 0.3) is 0 Å². The van der Waals surface area contributed by atoms with E-state index in [0.29, 0.717) is 12.5 Å². The zero-order valence-electron chi connectivity index (χ0n) is 11.8. The van der Waals surface area contributed by atoms with Crippen molar-refractivity contribution in [2.75, 3.05) is 25.1 Å². The number of aliphatic hydroxyl groups is 1. The minimum atomic E-state index is -0.618. The summed E-state index contributed by atoms with van der Waals surface area (Å²) in [4.78, 5) is 4.18. The predicted octanol–water partition coefficient (Wildman–Crippen LogP) is 1.33. The second kappa shape index (κ2) is 8.29. The second-order valence-electron chi connectivity index (χ2n) is 5.37. The maximum Gasteiger partial charge on any atom is 0.191 e. The number of nitrogens with zero attached hydrogens (tertiary/aromatic N) is 2. The lowest BCUT2D eigenvalue weighted by Crippen LogP contribution is -2.50. The molecule has 1 heterocycles. The Hall–Kier alpha value is -0.200. The van der Waals surface area contributed by atoms with Crippen molar-refractivity contribution in [3.63, 3.8) is 0 Å². The highest BCUT2D eigenvalue weighted by Gasteiger charge is 2.32. The van der Waals surface area contributed by atoms with E-state index in [-0.39, 0.29) is 35.9 Å². The first-order valence-electron chi connectivity index (χ1n) is 6.84. The van der Waals surface area contributed by atoms with Gasteiger partial charge in [0, 0.05) is 25.4 Å². The van der Waals surface area contributed by atoms with Gasteiger partial charge in [0.15, 0.2) is 5.96 Å². The number of thioether (sulfide) groups is 1. The smallest absolute Gasteiger partial charge is 0.191 e. The zero-order valence-corrected chi connectivity index (χ0v) is 14.9. The van der Waals surface area contributed by atoms with Gasteiger partial charge in [-0.15, -0.1) is 24.0 Å². The Kier molecular flexibility index (Phi) is 7.40. The summed E-state index contributed by atoms with van der Waals surface area (Å²) in [7, 11) is 1.72. The van der Waals surface area contributed by atoms with Crippen molar-refractivity contribution >= 4 is 41.7 Å². The molecule has 3 N–H and O–H groups in total. The summed E-state index contributed by atoms with van der Waals surface area (Å²) in [6.07, 6.45) is 3.89. The Morgan fingerprint density at radius 1 is 1.55 bits per heavy atom. The number of nitriles is 1. The molecule has 1 saturated carbocycles. The van der Waals surface area contributed by atoms with Crippen LogP contribution in [-0.2, 0) is 0 Å². The van der Waals surface area contributed by atoms with Crippen LogP contribution in [0.25, 0.3) is 0 Å². The zero-order chi connectivity index (χ0) is 13.7. The quantitative estimate of drug-likeness (QED) is 0.372. The van der Waals surface area contributed by atoms with Gasteiger partial charge in [0.2, 0.25) is 0 Å². The van der Waals surface area contributed by atoms with Crippen molar-refractivity contribution in [3.05, 3.63) is 0 Å².